The monoisotopic (exact) mass is 267 g/mol. The molecule has 1 aromatic carbocycles. The van der Waals surface area contributed by atoms with E-state index in [1.54, 1.807) is 6.07 Å². The highest BCUT2D eigenvalue weighted by Gasteiger charge is 2.24. The Hall–Kier alpha value is -0.945. The lowest BCUT2D eigenvalue weighted by atomic mass is 9.79. The van der Waals surface area contributed by atoms with Crippen molar-refractivity contribution in [1.29, 1.82) is 0 Å². The van der Waals surface area contributed by atoms with E-state index in [-0.39, 0.29) is 11.6 Å². The molecule has 1 aliphatic rings. The summed E-state index contributed by atoms with van der Waals surface area (Å²) >= 11 is 0. The summed E-state index contributed by atoms with van der Waals surface area (Å²) in [4.78, 5) is 2.24. The van der Waals surface area contributed by atoms with Gasteiger partial charge in [-0.05, 0) is 25.5 Å². The van der Waals surface area contributed by atoms with Gasteiger partial charge >= 0.3 is 7.12 Å². The maximum Gasteiger partial charge on any atom is 0.491 e. The molecule has 0 aliphatic carbocycles. The van der Waals surface area contributed by atoms with Crippen LogP contribution in [0.3, 0.4) is 0 Å². The zero-order valence-corrected chi connectivity index (χ0v) is 11.2. The maximum atomic E-state index is 13.4. The van der Waals surface area contributed by atoms with Crippen molar-refractivity contribution in [3.8, 4) is 0 Å². The first-order valence-electron chi connectivity index (χ1n) is 6.47. The lowest BCUT2D eigenvalue weighted by Crippen LogP contribution is -2.46. The summed E-state index contributed by atoms with van der Waals surface area (Å²) < 4.78 is 18.9. The molecule has 2 rings (SSSR count). The van der Waals surface area contributed by atoms with Crippen molar-refractivity contribution in [2.45, 2.75) is 32.5 Å². The molecule has 0 spiro atoms. The molecule has 2 atom stereocenters. The fourth-order valence-electron chi connectivity index (χ4n) is 2.32. The minimum atomic E-state index is -1.78. The number of rotatable bonds is 3. The predicted octanol–water partition coefficient (Wildman–Crippen LogP) is 0.115. The van der Waals surface area contributed by atoms with Crippen LogP contribution < -0.4 is 5.46 Å². The number of ether oxygens (including phenoxy) is 1. The molecule has 1 fully saturated rings. The van der Waals surface area contributed by atoms with Gasteiger partial charge in [0.2, 0.25) is 0 Å². The minimum Gasteiger partial charge on any atom is -0.423 e. The quantitative estimate of drug-likeness (QED) is 0.763. The molecule has 0 radical (unpaired) electrons. The number of hydrogen-bond acceptors (Lipinski definition) is 4. The predicted molar refractivity (Wildman–Crippen MR) is 71.5 cm³/mol. The highest BCUT2D eigenvalue weighted by molar-refractivity contribution is 6.58. The van der Waals surface area contributed by atoms with Gasteiger partial charge in [0.25, 0.3) is 0 Å². The van der Waals surface area contributed by atoms with Crippen LogP contribution in [0.15, 0.2) is 18.2 Å². The maximum absolute atomic E-state index is 13.4. The molecular weight excluding hydrogens is 248 g/mol. The third-order valence-electron chi connectivity index (χ3n) is 3.46. The van der Waals surface area contributed by atoms with Crippen LogP contribution in [0.25, 0.3) is 0 Å². The fraction of sp³-hybridized carbons (Fsp3) is 0.538. The van der Waals surface area contributed by atoms with E-state index in [0.29, 0.717) is 19.2 Å². The van der Waals surface area contributed by atoms with E-state index in [2.05, 4.69) is 11.8 Å². The fourth-order valence-corrected chi connectivity index (χ4v) is 2.32. The normalized spacial score (nSPS) is 24.5. The van der Waals surface area contributed by atoms with Crippen molar-refractivity contribution >= 4 is 12.6 Å². The van der Waals surface area contributed by atoms with Crippen molar-refractivity contribution in [3.63, 3.8) is 0 Å². The summed E-state index contributed by atoms with van der Waals surface area (Å²) in [5.41, 5.74) is 0.789. The molecule has 1 aromatic rings. The summed E-state index contributed by atoms with van der Waals surface area (Å²) in [7, 11) is -1.78. The lowest BCUT2D eigenvalue weighted by molar-refractivity contribution is -0.0526. The smallest absolute Gasteiger partial charge is 0.423 e. The van der Waals surface area contributed by atoms with Gasteiger partial charge in [-0.2, -0.15) is 0 Å². The van der Waals surface area contributed by atoms with Gasteiger partial charge in [-0.3, -0.25) is 4.90 Å². The Morgan fingerprint density at radius 1 is 1.42 bits per heavy atom. The van der Waals surface area contributed by atoms with Gasteiger partial charge in [-0.1, -0.05) is 12.1 Å². The summed E-state index contributed by atoms with van der Waals surface area (Å²) in [6, 6.07) is 4.75. The van der Waals surface area contributed by atoms with Gasteiger partial charge < -0.3 is 14.8 Å². The molecule has 104 valence electrons. The molecule has 19 heavy (non-hydrogen) atoms. The molecule has 2 N–H and O–H groups in total. The van der Waals surface area contributed by atoms with E-state index in [9.17, 15) is 4.39 Å². The summed E-state index contributed by atoms with van der Waals surface area (Å²) in [5, 5.41) is 18.2. The average molecular weight is 267 g/mol. The van der Waals surface area contributed by atoms with E-state index >= 15 is 0 Å². The van der Waals surface area contributed by atoms with Crippen molar-refractivity contribution in [1.82, 2.24) is 4.90 Å². The third-order valence-corrected chi connectivity index (χ3v) is 3.46. The Bertz CT molecular complexity index is 444. The minimum absolute atomic E-state index is 0.0774. The number of morpholine rings is 1. The molecular formula is C13H19BFNO3. The Balaban J connectivity index is 2.12. The summed E-state index contributed by atoms with van der Waals surface area (Å²) in [5.74, 6) is -0.595. The SMILES string of the molecule is CC1CN(Cc2ccc(F)c(B(O)O)c2)C(C)CO1. The van der Waals surface area contributed by atoms with Gasteiger partial charge in [-0.25, -0.2) is 4.39 Å². The first-order valence-corrected chi connectivity index (χ1v) is 6.47. The van der Waals surface area contributed by atoms with Crippen LogP contribution >= 0.6 is 0 Å². The number of halogens is 1. The van der Waals surface area contributed by atoms with Gasteiger partial charge in [-0.15, -0.1) is 0 Å². The first-order chi connectivity index (χ1) is 8.97. The molecule has 0 aromatic heterocycles. The number of benzene rings is 1. The standard InChI is InChI=1S/C13H19BFNO3/c1-9-8-19-10(2)6-16(9)7-11-3-4-13(15)12(5-11)14(17)18/h3-5,9-10,17-18H,6-8H2,1-2H3. The Kier molecular flexibility index (Phi) is 4.57. The molecule has 1 heterocycles. The largest absolute Gasteiger partial charge is 0.491 e. The Morgan fingerprint density at radius 3 is 2.84 bits per heavy atom. The van der Waals surface area contributed by atoms with E-state index in [1.165, 1.54) is 12.1 Å². The topological polar surface area (TPSA) is 52.9 Å². The number of hydrogen-bond donors (Lipinski definition) is 2. The zero-order valence-electron chi connectivity index (χ0n) is 11.2. The van der Waals surface area contributed by atoms with E-state index in [0.717, 1.165) is 12.1 Å². The van der Waals surface area contributed by atoms with E-state index in [4.69, 9.17) is 14.8 Å². The van der Waals surface area contributed by atoms with Crippen molar-refractivity contribution in [2.75, 3.05) is 13.2 Å². The summed E-state index contributed by atoms with van der Waals surface area (Å²) in [6.45, 7) is 6.24. The zero-order chi connectivity index (χ0) is 14.0. The third kappa shape index (κ3) is 3.54. The van der Waals surface area contributed by atoms with Crippen molar-refractivity contribution in [3.05, 3.63) is 29.6 Å². The highest BCUT2D eigenvalue weighted by atomic mass is 19.1. The molecule has 2 unspecified atom stereocenters. The van der Waals surface area contributed by atoms with Gasteiger partial charge in [0.1, 0.15) is 5.82 Å². The average Bonchev–Trinajstić information content (AvgIpc) is 2.36. The number of nitrogens with zero attached hydrogens (tertiary/aromatic N) is 1. The first kappa shape index (κ1) is 14.5. The van der Waals surface area contributed by atoms with Crippen LogP contribution in [0.5, 0.6) is 0 Å². The van der Waals surface area contributed by atoms with Crippen LogP contribution in [-0.2, 0) is 11.3 Å². The van der Waals surface area contributed by atoms with Crippen LogP contribution in [-0.4, -0.2) is 47.4 Å². The van der Waals surface area contributed by atoms with Gasteiger partial charge in [0, 0.05) is 24.6 Å². The van der Waals surface area contributed by atoms with Crippen LogP contribution in [0.4, 0.5) is 4.39 Å². The van der Waals surface area contributed by atoms with Crippen molar-refractivity contribution < 1.29 is 19.2 Å². The highest BCUT2D eigenvalue weighted by Crippen LogP contribution is 2.15. The second kappa shape index (κ2) is 6.01. The van der Waals surface area contributed by atoms with Gasteiger partial charge in [0.05, 0.1) is 12.7 Å². The van der Waals surface area contributed by atoms with Crippen LogP contribution in [0.2, 0.25) is 0 Å². The van der Waals surface area contributed by atoms with E-state index in [1.807, 2.05) is 6.92 Å². The van der Waals surface area contributed by atoms with E-state index < -0.39 is 12.9 Å². The molecule has 0 saturated carbocycles. The van der Waals surface area contributed by atoms with Gasteiger partial charge in [0.15, 0.2) is 0 Å². The summed E-state index contributed by atoms with van der Waals surface area (Å²) in [6.07, 6.45) is 0.180. The van der Waals surface area contributed by atoms with Crippen LogP contribution in [0, 0.1) is 5.82 Å². The molecule has 0 amide bonds. The Labute approximate surface area is 113 Å². The second-order valence-corrected chi connectivity index (χ2v) is 5.15. The molecule has 1 aliphatic heterocycles. The van der Waals surface area contributed by atoms with Crippen molar-refractivity contribution in [2.24, 2.45) is 0 Å². The molecule has 1 saturated heterocycles. The molecule has 4 nitrogen and oxygen atoms in total. The lowest BCUT2D eigenvalue weighted by Gasteiger charge is -2.36. The molecule has 0 bridgehead atoms. The Morgan fingerprint density at radius 2 is 2.16 bits per heavy atom. The van der Waals surface area contributed by atoms with Crippen LogP contribution in [0.1, 0.15) is 19.4 Å². The molecule has 6 heteroatoms. The second-order valence-electron chi connectivity index (χ2n) is 5.15.